The molecule has 390 valence electrons. The lowest BCUT2D eigenvalue weighted by Gasteiger charge is -2.72. The summed E-state index contributed by atoms with van der Waals surface area (Å²) < 4.78 is 35.9. The zero-order chi connectivity index (χ0) is 51.1. The van der Waals surface area contributed by atoms with Gasteiger partial charge in [-0.05, 0) is 107 Å². The predicted octanol–water partition coefficient (Wildman–Crippen LogP) is 2.44. The Bertz CT molecular complexity index is 2050. The lowest BCUT2D eigenvalue weighted by atomic mass is 9.33. The van der Waals surface area contributed by atoms with E-state index in [0.717, 1.165) is 5.57 Å². The first kappa shape index (κ1) is 53.9. The fraction of sp³-hybridized carbons (Fsp3) is 0.824. The number of aliphatic hydroxyl groups is 8. The second kappa shape index (κ2) is 19.2. The maximum absolute atomic E-state index is 13.7. The highest BCUT2D eigenvalue weighted by Crippen LogP contribution is 2.76. The van der Waals surface area contributed by atoms with Crippen LogP contribution in [0.3, 0.4) is 0 Å². The Morgan fingerprint density at radius 2 is 1.38 bits per heavy atom. The molecule has 7 rings (SSSR count). The summed E-state index contributed by atoms with van der Waals surface area (Å²) in [7, 11) is 0. The molecule has 0 spiro atoms. The van der Waals surface area contributed by atoms with E-state index in [1.165, 1.54) is 0 Å². The Kier molecular flexibility index (Phi) is 15.0. The lowest BCUT2D eigenvalue weighted by Crippen LogP contribution is -2.72. The van der Waals surface area contributed by atoms with Crippen LogP contribution in [-0.2, 0) is 42.8 Å². The van der Waals surface area contributed by atoms with Gasteiger partial charge >= 0.3 is 17.9 Å². The average molecular weight is 979 g/mol. The number of carboxylic acid groups (broad SMARTS) is 1. The van der Waals surface area contributed by atoms with Gasteiger partial charge in [0.15, 0.2) is 24.8 Å². The first-order valence-electron chi connectivity index (χ1n) is 24.7. The van der Waals surface area contributed by atoms with Gasteiger partial charge in [-0.2, -0.15) is 0 Å². The van der Waals surface area contributed by atoms with Crippen LogP contribution in [0.2, 0.25) is 0 Å². The molecule has 0 radical (unpaired) electrons. The molecule has 2 heterocycles. The maximum atomic E-state index is 13.7. The van der Waals surface area contributed by atoms with Gasteiger partial charge in [-0.15, -0.1) is 0 Å². The quantitative estimate of drug-likeness (QED) is 0.0622. The molecule has 0 aromatic rings. The Morgan fingerprint density at radius 3 is 1.96 bits per heavy atom. The summed E-state index contributed by atoms with van der Waals surface area (Å²) >= 11 is 0. The van der Waals surface area contributed by atoms with Crippen LogP contribution in [0.5, 0.6) is 0 Å². The van der Waals surface area contributed by atoms with Gasteiger partial charge in [0.1, 0.15) is 42.7 Å². The van der Waals surface area contributed by atoms with E-state index in [1.807, 2.05) is 20.8 Å². The van der Waals surface area contributed by atoms with Crippen molar-refractivity contribution in [2.45, 2.75) is 194 Å². The van der Waals surface area contributed by atoms with Crippen LogP contribution in [0.25, 0.3) is 0 Å². The summed E-state index contributed by atoms with van der Waals surface area (Å²) in [6, 6.07) is 0. The SMILES string of the molecule is C/C=C(/C)C(=O)O[C@H]1[C@H](OC(=O)/C(C)=C\C)[C@]2(CO)[C@H](O)C[C@]3(C)C(=CC[C@@H]4[C@@]5(C)CC[C@H](O[C@@H]6O[C@H](C(=O)O)[C@@H](O)[C@H](O[C@@H]7OC[C@H](O)[C@H](O)[C@H]7O)[C@H]6O)[C@@](C)(CO)[C@@H]5CC[C@]43C)[C@@H]2CC1(C)C. The van der Waals surface area contributed by atoms with Crippen LogP contribution >= 0.6 is 0 Å². The second-order valence-electron chi connectivity index (χ2n) is 23.0. The number of carbonyl (C=O) groups excluding carboxylic acids is 2. The van der Waals surface area contributed by atoms with Gasteiger partial charge in [-0.25, -0.2) is 14.4 Å². The van der Waals surface area contributed by atoms with E-state index < -0.39 is 149 Å². The summed E-state index contributed by atoms with van der Waals surface area (Å²) in [6.07, 6.45) is -10.9. The molecule has 5 aliphatic carbocycles. The van der Waals surface area contributed by atoms with E-state index in [4.69, 9.17) is 28.4 Å². The highest BCUT2D eigenvalue weighted by atomic mass is 16.7. The Balaban J connectivity index is 1.20. The first-order valence-corrected chi connectivity index (χ1v) is 24.7. The maximum Gasteiger partial charge on any atom is 0.335 e. The van der Waals surface area contributed by atoms with E-state index >= 15 is 0 Å². The van der Waals surface area contributed by atoms with E-state index in [0.29, 0.717) is 49.7 Å². The monoisotopic (exact) mass is 979 g/mol. The number of aliphatic hydroxyl groups excluding tert-OH is 8. The van der Waals surface area contributed by atoms with Crippen LogP contribution in [0.15, 0.2) is 34.9 Å². The largest absolute Gasteiger partial charge is 0.479 e. The van der Waals surface area contributed by atoms with Crippen molar-refractivity contribution in [1.29, 1.82) is 0 Å². The Labute approximate surface area is 404 Å². The molecular weight excluding hydrogens is 901 g/mol. The zero-order valence-electron chi connectivity index (χ0n) is 41.7. The molecule has 18 heteroatoms. The first-order chi connectivity index (χ1) is 32.2. The Hall–Kier alpha value is -2.85. The van der Waals surface area contributed by atoms with Gasteiger partial charge in [-0.3, -0.25) is 0 Å². The van der Waals surface area contributed by atoms with Gasteiger partial charge in [0.2, 0.25) is 0 Å². The van der Waals surface area contributed by atoms with Gasteiger partial charge in [0.25, 0.3) is 0 Å². The minimum absolute atomic E-state index is 0.00913. The van der Waals surface area contributed by atoms with Crippen LogP contribution in [0.1, 0.15) is 114 Å². The fourth-order valence-corrected chi connectivity index (χ4v) is 14.6. The third-order valence-corrected chi connectivity index (χ3v) is 19.2. The Morgan fingerprint density at radius 1 is 0.754 bits per heavy atom. The number of rotatable bonds is 11. The van der Waals surface area contributed by atoms with Gasteiger partial charge in [0.05, 0.1) is 37.4 Å². The van der Waals surface area contributed by atoms with Gasteiger partial charge < -0.3 is 74.4 Å². The highest BCUT2D eigenvalue weighted by molar-refractivity contribution is 5.89. The third kappa shape index (κ3) is 8.37. The summed E-state index contributed by atoms with van der Waals surface area (Å²) in [5, 5.41) is 99.5. The molecule has 6 fully saturated rings. The molecule has 9 N–H and O–H groups in total. The van der Waals surface area contributed by atoms with Crippen molar-refractivity contribution in [3.8, 4) is 0 Å². The third-order valence-electron chi connectivity index (χ3n) is 19.2. The van der Waals surface area contributed by atoms with Crippen molar-refractivity contribution in [2.24, 2.45) is 50.2 Å². The van der Waals surface area contributed by atoms with E-state index in [9.17, 15) is 60.3 Å². The molecule has 2 aliphatic heterocycles. The van der Waals surface area contributed by atoms with Gasteiger partial charge in [-0.1, -0.05) is 65.3 Å². The van der Waals surface area contributed by atoms with Crippen LogP contribution in [-0.4, -0.2) is 163 Å². The number of esters is 2. The van der Waals surface area contributed by atoms with Crippen molar-refractivity contribution in [2.75, 3.05) is 19.8 Å². The molecule has 0 amide bonds. The van der Waals surface area contributed by atoms with E-state index in [-0.39, 0.29) is 24.9 Å². The number of hydrogen-bond donors (Lipinski definition) is 9. The molecule has 0 unspecified atom stereocenters. The molecule has 69 heavy (non-hydrogen) atoms. The molecule has 0 bridgehead atoms. The fourth-order valence-electron chi connectivity index (χ4n) is 14.6. The lowest BCUT2D eigenvalue weighted by molar-refractivity contribution is -0.358. The van der Waals surface area contributed by atoms with Crippen LogP contribution < -0.4 is 0 Å². The predicted molar refractivity (Wildman–Crippen MR) is 244 cm³/mol. The number of ether oxygens (including phenoxy) is 6. The molecule has 2 saturated heterocycles. The van der Waals surface area contributed by atoms with Crippen molar-refractivity contribution in [3.05, 3.63) is 34.9 Å². The molecule has 4 saturated carbocycles. The molecule has 0 aromatic heterocycles. The van der Waals surface area contributed by atoms with E-state index in [1.54, 1.807) is 39.8 Å². The van der Waals surface area contributed by atoms with Crippen molar-refractivity contribution < 1.29 is 88.8 Å². The van der Waals surface area contributed by atoms with Crippen molar-refractivity contribution >= 4 is 17.9 Å². The number of fused-ring (bicyclic) bond motifs is 7. The molecule has 0 aromatic carbocycles. The van der Waals surface area contributed by atoms with Crippen LogP contribution in [0.4, 0.5) is 0 Å². The number of carboxylic acids is 1. The minimum Gasteiger partial charge on any atom is -0.479 e. The molecular formula is C51H78O18. The normalized spacial score (nSPS) is 48.7. The topological polar surface area (TPSA) is 289 Å². The summed E-state index contributed by atoms with van der Waals surface area (Å²) in [4.78, 5) is 39.6. The average Bonchev–Trinajstić information content (AvgIpc) is 3.29. The zero-order valence-corrected chi connectivity index (χ0v) is 41.7. The number of carbonyl (C=O) groups is 3. The summed E-state index contributed by atoms with van der Waals surface area (Å²) in [6.45, 7) is 18.0. The van der Waals surface area contributed by atoms with Gasteiger partial charge in [0, 0.05) is 22.0 Å². The number of allylic oxidation sites excluding steroid dienone is 4. The number of hydrogen-bond acceptors (Lipinski definition) is 17. The number of aliphatic carboxylic acids is 1. The molecule has 18 nitrogen and oxygen atoms in total. The molecule has 7 aliphatic rings. The van der Waals surface area contributed by atoms with Crippen molar-refractivity contribution in [3.63, 3.8) is 0 Å². The highest BCUT2D eigenvalue weighted by Gasteiger charge is 2.74. The molecule has 21 atom stereocenters. The van der Waals surface area contributed by atoms with E-state index in [2.05, 4.69) is 26.8 Å². The van der Waals surface area contributed by atoms with Crippen molar-refractivity contribution in [1.82, 2.24) is 0 Å². The summed E-state index contributed by atoms with van der Waals surface area (Å²) in [5.41, 5.74) is -2.90. The second-order valence-corrected chi connectivity index (χ2v) is 23.0. The standard InChI is InChI=1S/C51H78O18/c1-11-24(3)42(62)68-39-40(69-43(63)25(4)12-2)51(23-53)27(19-46(39,5)6)26-13-14-30-47(7)17-16-32(48(8,22-52)29(47)15-18-49(30,9)50(26,10)20-31(51)55)65-45-36(59)37(35(58)38(67-45)41(60)61)66-44-34(57)33(56)28(54)21-64-44/h11-13,27-40,44-45,52-59H,14-23H2,1-10H3,(H,60,61)/b24-11-,25-12-/t27-,28-,29+,30+,31+,32-,33-,34+,35-,36+,37-,38-,39-,40-,44-,45+,47-,48-,49+,50+,51-/m0/s1. The minimum atomic E-state index is -1.96. The smallest absolute Gasteiger partial charge is 0.335 e. The van der Waals surface area contributed by atoms with Crippen LogP contribution in [0, 0.1) is 50.2 Å². The summed E-state index contributed by atoms with van der Waals surface area (Å²) in [5.74, 6) is -3.43.